The molecule has 2 unspecified atom stereocenters. The molecule has 0 heteroatoms. The lowest BCUT2D eigenvalue weighted by molar-refractivity contribution is 0.460. The van der Waals surface area contributed by atoms with Gasteiger partial charge in [0.15, 0.2) is 0 Å². The topological polar surface area (TPSA) is 0 Å². The summed E-state index contributed by atoms with van der Waals surface area (Å²) in [5, 5.41) is 0. The molecule has 0 saturated carbocycles. The van der Waals surface area contributed by atoms with Crippen molar-refractivity contribution in [2.75, 3.05) is 0 Å². The van der Waals surface area contributed by atoms with Gasteiger partial charge in [-0.3, -0.25) is 0 Å². The molecule has 0 saturated heterocycles. The highest BCUT2D eigenvalue weighted by Gasteiger charge is 2.00. The molecular formula is C10H20. The lowest BCUT2D eigenvalue weighted by atomic mass is 9.97. The summed E-state index contributed by atoms with van der Waals surface area (Å²) in [4.78, 5) is 0. The van der Waals surface area contributed by atoms with Crippen LogP contribution in [-0.2, 0) is 0 Å². The molecule has 0 amide bonds. The van der Waals surface area contributed by atoms with Crippen molar-refractivity contribution in [1.82, 2.24) is 0 Å². The lowest BCUT2D eigenvalue weighted by Gasteiger charge is -2.09. The average Bonchev–Trinajstić information content (AvgIpc) is 1.99. The molecule has 0 N–H and O–H groups in total. The summed E-state index contributed by atoms with van der Waals surface area (Å²) in [7, 11) is 0. The van der Waals surface area contributed by atoms with Gasteiger partial charge in [0.2, 0.25) is 0 Å². The SMILES string of the molecule is C=CC(C)CCC(C)CC. The van der Waals surface area contributed by atoms with E-state index in [9.17, 15) is 0 Å². The van der Waals surface area contributed by atoms with Crippen LogP contribution in [0.15, 0.2) is 12.7 Å². The molecule has 0 aromatic heterocycles. The van der Waals surface area contributed by atoms with Crippen LogP contribution in [0, 0.1) is 11.8 Å². The lowest BCUT2D eigenvalue weighted by Crippen LogP contribution is -1.96. The number of hydrogen-bond acceptors (Lipinski definition) is 0. The standard InChI is InChI=1S/C10H20/c1-5-9(3)7-8-10(4)6-2/h5,9-10H,1,6-8H2,2-4H3. The van der Waals surface area contributed by atoms with Crippen LogP contribution in [0.3, 0.4) is 0 Å². The predicted molar refractivity (Wildman–Crippen MR) is 48.1 cm³/mol. The molecule has 0 fully saturated rings. The van der Waals surface area contributed by atoms with E-state index in [4.69, 9.17) is 0 Å². The second kappa shape index (κ2) is 5.52. The molecule has 2 atom stereocenters. The molecule has 0 radical (unpaired) electrons. The fourth-order valence-electron chi connectivity index (χ4n) is 0.869. The molecule has 0 nitrogen and oxygen atoms in total. The van der Waals surface area contributed by atoms with Crippen molar-refractivity contribution in [2.45, 2.75) is 40.0 Å². The summed E-state index contributed by atoms with van der Waals surface area (Å²) in [6.07, 6.45) is 6.01. The van der Waals surface area contributed by atoms with Crippen LogP contribution in [0.25, 0.3) is 0 Å². The Hall–Kier alpha value is -0.260. The van der Waals surface area contributed by atoms with Crippen LogP contribution in [-0.4, -0.2) is 0 Å². The van der Waals surface area contributed by atoms with Crippen molar-refractivity contribution >= 4 is 0 Å². The summed E-state index contributed by atoms with van der Waals surface area (Å²) >= 11 is 0. The van der Waals surface area contributed by atoms with E-state index in [1.807, 2.05) is 6.08 Å². The van der Waals surface area contributed by atoms with Gasteiger partial charge in [-0.15, -0.1) is 6.58 Å². The molecule has 60 valence electrons. The zero-order valence-corrected chi connectivity index (χ0v) is 7.56. The van der Waals surface area contributed by atoms with E-state index < -0.39 is 0 Å². The van der Waals surface area contributed by atoms with Crippen LogP contribution in [0.5, 0.6) is 0 Å². The number of allylic oxidation sites excluding steroid dienone is 1. The molecule has 0 aromatic rings. The molecule has 0 rings (SSSR count). The normalized spacial score (nSPS) is 16.3. The van der Waals surface area contributed by atoms with Gasteiger partial charge in [0.1, 0.15) is 0 Å². The fraction of sp³-hybridized carbons (Fsp3) is 0.800. The van der Waals surface area contributed by atoms with Crippen LogP contribution in [0.1, 0.15) is 40.0 Å². The quantitative estimate of drug-likeness (QED) is 0.511. The monoisotopic (exact) mass is 140 g/mol. The van der Waals surface area contributed by atoms with Gasteiger partial charge in [-0.05, 0) is 18.3 Å². The molecule has 0 aliphatic rings. The van der Waals surface area contributed by atoms with E-state index in [1.54, 1.807) is 0 Å². The van der Waals surface area contributed by atoms with Gasteiger partial charge in [0.25, 0.3) is 0 Å². The first-order chi connectivity index (χ1) is 4.70. The van der Waals surface area contributed by atoms with Gasteiger partial charge < -0.3 is 0 Å². The van der Waals surface area contributed by atoms with Gasteiger partial charge in [-0.1, -0.05) is 39.7 Å². The van der Waals surface area contributed by atoms with Crippen LogP contribution < -0.4 is 0 Å². The maximum atomic E-state index is 3.76. The van der Waals surface area contributed by atoms with Crippen LogP contribution in [0.4, 0.5) is 0 Å². The predicted octanol–water partition coefficient (Wildman–Crippen LogP) is 3.63. The smallest absolute Gasteiger partial charge is 0.0265 e. The molecule has 0 aromatic carbocycles. The second-order valence-electron chi connectivity index (χ2n) is 3.30. The summed E-state index contributed by atoms with van der Waals surface area (Å²) < 4.78 is 0. The van der Waals surface area contributed by atoms with Crippen molar-refractivity contribution in [3.63, 3.8) is 0 Å². The summed E-state index contributed by atoms with van der Waals surface area (Å²) in [5.74, 6) is 1.59. The van der Waals surface area contributed by atoms with E-state index in [2.05, 4.69) is 27.4 Å². The van der Waals surface area contributed by atoms with Gasteiger partial charge in [0, 0.05) is 0 Å². The highest BCUT2D eigenvalue weighted by atomic mass is 14.1. The van der Waals surface area contributed by atoms with Gasteiger partial charge in [-0.2, -0.15) is 0 Å². The minimum Gasteiger partial charge on any atom is -0.103 e. The second-order valence-corrected chi connectivity index (χ2v) is 3.30. The minimum absolute atomic E-state index is 0.703. The first kappa shape index (κ1) is 9.74. The number of rotatable bonds is 5. The highest BCUT2D eigenvalue weighted by molar-refractivity contribution is 4.74. The maximum Gasteiger partial charge on any atom is -0.0265 e. The zero-order chi connectivity index (χ0) is 7.98. The van der Waals surface area contributed by atoms with Crippen molar-refractivity contribution < 1.29 is 0 Å². The van der Waals surface area contributed by atoms with Crippen LogP contribution >= 0.6 is 0 Å². The fourth-order valence-corrected chi connectivity index (χ4v) is 0.869. The van der Waals surface area contributed by atoms with Crippen molar-refractivity contribution in [3.8, 4) is 0 Å². The van der Waals surface area contributed by atoms with E-state index in [0.29, 0.717) is 5.92 Å². The molecule has 0 aliphatic heterocycles. The third-order valence-corrected chi connectivity index (χ3v) is 2.21. The Morgan fingerprint density at radius 2 is 1.90 bits per heavy atom. The Morgan fingerprint density at radius 1 is 1.30 bits per heavy atom. The Balaban J connectivity index is 3.25. The third kappa shape index (κ3) is 4.60. The van der Waals surface area contributed by atoms with E-state index in [0.717, 1.165) is 5.92 Å². The highest BCUT2D eigenvalue weighted by Crippen LogP contribution is 2.14. The maximum absolute atomic E-state index is 3.76. The van der Waals surface area contributed by atoms with Gasteiger partial charge in [0.05, 0.1) is 0 Å². The van der Waals surface area contributed by atoms with E-state index >= 15 is 0 Å². The van der Waals surface area contributed by atoms with Gasteiger partial charge in [-0.25, -0.2) is 0 Å². The Bertz CT molecular complexity index is 84.0. The van der Waals surface area contributed by atoms with E-state index in [-0.39, 0.29) is 0 Å². The molecule has 0 aliphatic carbocycles. The minimum atomic E-state index is 0.703. The average molecular weight is 140 g/mol. The molecule has 0 heterocycles. The Kier molecular flexibility index (Phi) is 5.38. The Labute approximate surface area is 65.3 Å². The summed E-state index contributed by atoms with van der Waals surface area (Å²) in [6, 6.07) is 0. The molecule has 0 spiro atoms. The molecule has 10 heavy (non-hydrogen) atoms. The van der Waals surface area contributed by atoms with Crippen molar-refractivity contribution in [2.24, 2.45) is 11.8 Å². The van der Waals surface area contributed by atoms with Crippen molar-refractivity contribution in [3.05, 3.63) is 12.7 Å². The Morgan fingerprint density at radius 3 is 2.30 bits per heavy atom. The summed E-state index contributed by atoms with van der Waals surface area (Å²) in [6.45, 7) is 10.6. The zero-order valence-electron chi connectivity index (χ0n) is 7.56. The molecular weight excluding hydrogens is 120 g/mol. The first-order valence-corrected chi connectivity index (χ1v) is 4.33. The first-order valence-electron chi connectivity index (χ1n) is 4.33. The number of hydrogen-bond donors (Lipinski definition) is 0. The van der Waals surface area contributed by atoms with Gasteiger partial charge >= 0.3 is 0 Å². The third-order valence-electron chi connectivity index (χ3n) is 2.21. The van der Waals surface area contributed by atoms with Crippen molar-refractivity contribution in [1.29, 1.82) is 0 Å². The molecule has 0 bridgehead atoms. The summed E-state index contributed by atoms with van der Waals surface area (Å²) in [5.41, 5.74) is 0. The largest absolute Gasteiger partial charge is 0.103 e. The van der Waals surface area contributed by atoms with E-state index in [1.165, 1.54) is 19.3 Å². The van der Waals surface area contributed by atoms with Crippen LogP contribution in [0.2, 0.25) is 0 Å².